The Morgan fingerprint density at radius 3 is 2.85 bits per heavy atom. The summed E-state index contributed by atoms with van der Waals surface area (Å²) < 4.78 is 40.4. The standard InChI is InChI=1S/C18H16F2N4O3/c1-18(19,20)10-2-13(15-5-21-9-27-15)16-22-4-14(24(16)6-10)17(25)23-7-12-3-11(23)8-26-12/h2,4-6,9,11-12H,3,7-8H2,1H3/t11-,12-/m0/s1. The molecular formula is C18H16F2N4O3. The third kappa shape index (κ3) is 2.53. The van der Waals surface area contributed by atoms with Gasteiger partial charge in [-0.3, -0.25) is 9.20 Å². The van der Waals surface area contributed by atoms with Crippen LogP contribution in [0.15, 0.2) is 35.5 Å². The lowest BCUT2D eigenvalue weighted by Crippen LogP contribution is -2.41. The maximum absolute atomic E-state index is 14.1. The highest BCUT2D eigenvalue weighted by Gasteiger charge is 2.42. The molecule has 0 radical (unpaired) electrons. The average molecular weight is 374 g/mol. The molecule has 2 fully saturated rings. The fraction of sp³-hybridized carbons (Fsp3) is 0.389. The number of rotatable bonds is 3. The van der Waals surface area contributed by atoms with Gasteiger partial charge in [0.1, 0.15) is 11.3 Å². The van der Waals surface area contributed by atoms with E-state index in [2.05, 4.69) is 9.97 Å². The van der Waals surface area contributed by atoms with E-state index in [1.165, 1.54) is 35.5 Å². The number of imidazole rings is 1. The monoisotopic (exact) mass is 374 g/mol. The smallest absolute Gasteiger partial charge is 0.272 e. The first kappa shape index (κ1) is 16.4. The van der Waals surface area contributed by atoms with Crippen molar-refractivity contribution in [3.05, 3.63) is 42.3 Å². The van der Waals surface area contributed by atoms with Crippen molar-refractivity contribution in [2.75, 3.05) is 13.2 Å². The van der Waals surface area contributed by atoms with Crippen LogP contribution in [0.3, 0.4) is 0 Å². The molecule has 0 saturated carbocycles. The number of ether oxygens (including phenoxy) is 1. The molecule has 2 saturated heterocycles. The summed E-state index contributed by atoms with van der Waals surface area (Å²) in [6.07, 6.45) is 6.20. The van der Waals surface area contributed by atoms with Gasteiger partial charge in [0.15, 0.2) is 12.2 Å². The van der Waals surface area contributed by atoms with Crippen LogP contribution in [0, 0.1) is 0 Å². The molecule has 3 aromatic rings. The van der Waals surface area contributed by atoms with Crippen molar-refractivity contribution >= 4 is 11.6 Å². The van der Waals surface area contributed by atoms with Gasteiger partial charge in [-0.2, -0.15) is 0 Å². The van der Waals surface area contributed by atoms with Gasteiger partial charge in [0.05, 0.1) is 36.7 Å². The predicted molar refractivity (Wildman–Crippen MR) is 89.4 cm³/mol. The molecule has 0 aromatic carbocycles. The number of hydrogen-bond acceptors (Lipinski definition) is 5. The van der Waals surface area contributed by atoms with E-state index >= 15 is 0 Å². The number of morpholine rings is 1. The minimum Gasteiger partial charge on any atom is -0.443 e. The molecule has 2 atom stereocenters. The molecule has 2 bridgehead atoms. The van der Waals surface area contributed by atoms with Gasteiger partial charge < -0.3 is 14.1 Å². The number of halogens is 2. The highest BCUT2D eigenvalue weighted by atomic mass is 19.3. The van der Waals surface area contributed by atoms with Crippen LogP contribution in [0.5, 0.6) is 0 Å². The van der Waals surface area contributed by atoms with Crippen molar-refractivity contribution in [1.82, 2.24) is 19.3 Å². The van der Waals surface area contributed by atoms with Gasteiger partial charge in [-0.25, -0.2) is 18.7 Å². The van der Waals surface area contributed by atoms with Gasteiger partial charge in [-0.15, -0.1) is 0 Å². The number of pyridine rings is 1. The van der Waals surface area contributed by atoms with Gasteiger partial charge in [0, 0.05) is 25.2 Å². The number of aromatic nitrogens is 3. The second-order valence-corrected chi connectivity index (χ2v) is 7.04. The second kappa shape index (κ2) is 5.59. The van der Waals surface area contributed by atoms with Crippen LogP contribution in [0.4, 0.5) is 8.78 Å². The fourth-order valence-corrected chi connectivity index (χ4v) is 3.81. The van der Waals surface area contributed by atoms with E-state index in [1.807, 2.05) is 0 Å². The van der Waals surface area contributed by atoms with E-state index in [1.54, 1.807) is 4.90 Å². The summed E-state index contributed by atoms with van der Waals surface area (Å²) in [5, 5.41) is 0. The summed E-state index contributed by atoms with van der Waals surface area (Å²) in [5.74, 6) is -3.02. The molecule has 2 aliphatic rings. The van der Waals surface area contributed by atoms with E-state index in [4.69, 9.17) is 9.15 Å². The molecule has 0 spiro atoms. The number of likely N-dealkylation sites (tertiary alicyclic amines) is 1. The molecule has 5 heterocycles. The molecule has 7 nitrogen and oxygen atoms in total. The first-order valence-electron chi connectivity index (χ1n) is 8.62. The Morgan fingerprint density at radius 2 is 2.22 bits per heavy atom. The van der Waals surface area contributed by atoms with Crippen LogP contribution in [0.1, 0.15) is 29.4 Å². The summed E-state index contributed by atoms with van der Waals surface area (Å²) in [7, 11) is 0. The van der Waals surface area contributed by atoms with Gasteiger partial charge in [0.25, 0.3) is 11.8 Å². The zero-order chi connectivity index (χ0) is 18.8. The quantitative estimate of drug-likeness (QED) is 0.705. The Bertz CT molecular complexity index is 1030. The molecule has 2 aliphatic heterocycles. The van der Waals surface area contributed by atoms with Crippen molar-refractivity contribution in [3.63, 3.8) is 0 Å². The minimum absolute atomic E-state index is 0.0255. The molecule has 1 amide bonds. The maximum atomic E-state index is 14.1. The summed E-state index contributed by atoms with van der Waals surface area (Å²) in [6.45, 7) is 1.83. The van der Waals surface area contributed by atoms with E-state index in [9.17, 15) is 13.6 Å². The molecule has 0 N–H and O–H groups in total. The number of amides is 1. The normalized spacial score (nSPS) is 22.1. The molecule has 0 aliphatic carbocycles. The number of carbonyl (C=O) groups is 1. The summed E-state index contributed by atoms with van der Waals surface area (Å²) in [4.78, 5) is 22.9. The third-order valence-electron chi connectivity index (χ3n) is 5.19. The molecule has 27 heavy (non-hydrogen) atoms. The lowest BCUT2D eigenvalue weighted by molar-refractivity contribution is 0.0169. The van der Waals surface area contributed by atoms with Crippen LogP contribution in [0.25, 0.3) is 17.0 Å². The Hall–Kier alpha value is -2.81. The van der Waals surface area contributed by atoms with Crippen molar-refractivity contribution in [3.8, 4) is 11.3 Å². The number of hydrogen-bond donors (Lipinski definition) is 0. The number of oxazole rings is 1. The summed E-state index contributed by atoms with van der Waals surface area (Å²) in [6, 6.07) is 1.35. The third-order valence-corrected chi connectivity index (χ3v) is 5.19. The largest absolute Gasteiger partial charge is 0.443 e. The van der Waals surface area contributed by atoms with Crippen LogP contribution in [-0.4, -0.2) is 50.5 Å². The Morgan fingerprint density at radius 1 is 1.37 bits per heavy atom. The Labute approximate surface area is 152 Å². The number of carbonyl (C=O) groups excluding carboxylic acids is 1. The molecule has 140 valence electrons. The van der Waals surface area contributed by atoms with E-state index in [0.29, 0.717) is 30.1 Å². The van der Waals surface area contributed by atoms with Gasteiger partial charge >= 0.3 is 0 Å². The van der Waals surface area contributed by atoms with Crippen molar-refractivity contribution < 1.29 is 22.7 Å². The van der Waals surface area contributed by atoms with Crippen LogP contribution in [0.2, 0.25) is 0 Å². The highest BCUT2D eigenvalue weighted by molar-refractivity contribution is 5.94. The van der Waals surface area contributed by atoms with Gasteiger partial charge in [0.2, 0.25) is 0 Å². The second-order valence-electron chi connectivity index (χ2n) is 7.04. The summed E-state index contributed by atoms with van der Waals surface area (Å²) in [5.41, 5.74) is 0.727. The fourth-order valence-electron chi connectivity index (χ4n) is 3.81. The Balaban J connectivity index is 1.66. The average Bonchev–Trinajstić information content (AvgIpc) is 3.43. The molecule has 0 unspecified atom stereocenters. The molecule has 3 aromatic heterocycles. The highest BCUT2D eigenvalue weighted by Crippen LogP contribution is 2.34. The van der Waals surface area contributed by atoms with E-state index in [0.717, 1.165) is 13.3 Å². The number of alkyl halides is 2. The maximum Gasteiger partial charge on any atom is 0.272 e. The van der Waals surface area contributed by atoms with Crippen molar-refractivity contribution in [2.24, 2.45) is 0 Å². The van der Waals surface area contributed by atoms with Gasteiger partial charge in [-0.1, -0.05) is 0 Å². The zero-order valence-electron chi connectivity index (χ0n) is 14.4. The van der Waals surface area contributed by atoms with Crippen LogP contribution >= 0.6 is 0 Å². The summed E-state index contributed by atoms with van der Waals surface area (Å²) >= 11 is 0. The predicted octanol–water partition coefficient (Wildman–Crippen LogP) is 2.71. The lowest BCUT2D eigenvalue weighted by atomic mass is 10.1. The number of fused-ring (bicyclic) bond motifs is 3. The minimum atomic E-state index is -3.09. The Kier molecular flexibility index (Phi) is 3.39. The SMILES string of the molecule is CC(F)(F)c1cc(-c2cnco2)c2ncc(C(=O)N3C[C@@H]4C[C@H]3CO4)n2c1. The van der Waals surface area contributed by atoms with Gasteiger partial charge in [-0.05, 0) is 12.5 Å². The topological polar surface area (TPSA) is 72.9 Å². The van der Waals surface area contributed by atoms with Crippen LogP contribution < -0.4 is 0 Å². The van der Waals surface area contributed by atoms with E-state index in [-0.39, 0.29) is 29.3 Å². The molecule has 9 heteroatoms. The number of nitrogens with zero attached hydrogens (tertiary/aromatic N) is 4. The zero-order valence-corrected chi connectivity index (χ0v) is 14.4. The van der Waals surface area contributed by atoms with Crippen molar-refractivity contribution in [2.45, 2.75) is 31.4 Å². The molecular weight excluding hydrogens is 358 g/mol. The molecule has 5 rings (SSSR count). The lowest BCUT2D eigenvalue weighted by Gasteiger charge is -2.26. The first-order valence-corrected chi connectivity index (χ1v) is 8.62. The van der Waals surface area contributed by atoms with Crippen LogP contribution in [-0.2, 0) is 10.7 Å². The first-order chi connectivity index (χ1) is 12.9. The van der Waals surface area contributed by atoms with E-state index < -0.39 is 5.92 Å². The van der Waals surface area contributed by atoms with Crippen molar-refractivity contribution in [1.29, 1.82) is 0 Å².